The molecule has 6 heteroatoms. The average molecular weight is 454 g/mol. The minimum Gasteiger partial charge on any atom is -0.467 e. The van der Waals surface area contributed by atoms with Gasteiger partial charge in [0.1, 0.15) is 5.76 Å². The fourth-order valence-electron chi connectivity index (χ4n) is 3.86. The van der Waals surface area contributed by atoms with Gasteiger partial charge in [0, 0.05) is 5.56 Å². The normalized spacial score (nSPS) is 17.6. The Hall–Kier alpha value is -3.64. The molecule has 0 spiro atoms. The summed E-state index contributed by atoms with van der Waals surface area (Å²) < 4.78 is 5.48. The molecule has 1 amide bonds. The molecule has 0 bridgehead atoms. The van der Waals surface area contributed by atoms with E-state index in [1.807, 2.05) is 36.4 Å². The second-order valence-corrected chi connectivity index (χ2v) is 9.17. The number of carbonyl (C=O) groups is 1. The molecule has 1 aliphatic heterocycles. The Bertz CT molecular complexity index is 1320. The van der Waals surface area contributed by atoms with Crippen molar-refractivity contribution in [2.45, 2.75) is 25.1 Å². The number of nitrogens with zero attached hydrogens (tertiary/aromatic N) is 3. The zero-order chi connectivity index (χ0) is 22.6. The van der Waals surface area contributed by atoms with Crippen molar-refractivity contribution in [1.82, 2.24) is 4.90 Å². The molecular formula is C27H23N3O2S. The summed E-state index contributed by atoms with van der Waals surface area (Å²) in [5.41, 5.74) is 3.32. The minimum atomic E-state index is -0.242. The van der Waals surface area contributed by atoms with Crippen LogP contribution in [0, 0.1) is 6.92 Å². The van der Waals surface area contributed by atoms with Crippen LogP contribution < -0.4 is 0 Å². The summed E-state index contributed by atoms with van der Waals surface area (Å²) in [6.45, 7) is 2.40. The van der Waals surface area contributed by atoms with Gasteiger partial charge < -0.3 is 4.42 Å². The number of amidine groups is 1. The van der Waals surface area contributed by atoms with E-state index < -0.39 is 0 Å². The molecule has 1 saturated heterocycles. The highest BCUT2D eigenvalue weighted by molar-refractivity contribution is 8.15. The highest BCUT2D eigenvalue weighted by Gasteiger charge is 2.38. The molecule has 33 heavy (non-hydrogen) atoms. The third-order valence-corrected chi connectivity index (χ3v) is 6.78. The molecule has 1 fully saturated rings. The highest BCUT2D eigenvalue weighted by atomic mass is 32.2. The van der Waals surface area contributed by atoms with Gasteiger partial charge in [0.2, 0.25) is 5.91 Å². The second-order valence-electron chi connectivity index (χ2n) is 8.00. The molecular weight excluding hydrogens is 430 g/mol. The van der Waals surface area contributed by atoms with Gasteiger partial charge in [0.15, 0.2) is 5.17 Å². The van der Waals surface area contributed by atoms with E-state index in [0.717, 1.165) is 21.9 Å². The van der Waals surface area contributed by atoms with Gasteiger partial charge in [-0.15, -0.1) is 5.10 Å². The SMILES string of the molecule is Cc1ccc(CC2SC(=NN=Cc3cccc4ccccc34)N(Cc3ccco3)C2=O)cc1. The molecule has 1 aliphatic rings. The van der Waals surface area contributed by atoms with Crippen LogP contribution in [0.4, 0.5) is 0 Å². The van der Waals surface area contributed by atoms with E-state index in [1.165, 1.54) is 17.3 Å². The number of amides is 1. The Kier molecular flexibility index (Phi) is 6.09. The number of hydrogen-bond acceptors (Lipinski definition) is 5. The van der Waals surface area contributed by atoms with Gasteiger partial charge in [-0.2, -0.15) is 5.10 Å². The molecule has 164 valence electrons. The number of hydrogen-bond donors (Lipinski definition) is 0. The lowest BCUT2D eigenvalue weighted by molar-refractivity contribution is -0.126. The van der Waals surface area contributed by atoms with E-state index in [-0.39, 0.29) is 11.2 Å². The van der Waals surface area contributed by atoms with E-state index in [9.17, 15) is 4.79 Å². The zero-order valence-corrected chi connectivity index (χ0v) is 19.0. The third kappa shape index (κ3) is 4.76. The van der Waals surface area contributed by atoms with Crippen LogP contribution in [0.5, 0.6) is 0 Å². The molecule has 0 saturated carbocycles. The van der Waals surface area contributed by atoms with Crippen molar-refractivity contribution in [3.63, 3.8) is 0 Å². The van der Waals surface area contributed by atoms with Crippen molar-refractivity contribution in [2.24, 2.45) is 10.2 Å². The molecule has 1 atom stereocenters. The van der Waals surface area contributed by atoms with Crippen LogP contribution in [-0.4, -0.2) is 27.4 Å². The highest BCUT2D eigenvalue weighted by Crippen LogP contribution is 2.31. The first-order chi connectivity index (χ1) is 16.2. The van der Waals surface area contributed by atoms with Crippen LogP contribution in [0.2, 0.25) is 0 Å². The van der Waals surface area contributed by atoms with Crippen LogP contribution in [0.3, 0.4) is 0 Å². The van der Waals surface area contributed by atoms with Gasteiger partial charge in [-0.25, -0.2) is 0 Å². The number of thioether (sulfide) groups is 1. The van der Waals surface area contributed by atoms with Gasteiger partial charge in [-0.05, 0) is 41.8 Å². The lowest BCUT2D eigenvalue weighted by Crippen LogP contribution is -2.32. The van der Waals surface area contributed by atoms with E-state index in [1.54, 1.807) is 17.4 Å². The van der Waals surface area contributed by atoms with Gasteiger partial charge in [-0.1, -0.05) is 84.1 Å². The van der Waals surface area contributed by atoms with Gasteiger partial charge in [-0.3, -0.25) is 9.69 Å². The van der Waals surface area contributed by atoms with Gasteiger partial charge >= 0.3 is 0 Å². The summed E-state index contributed by atoms with van der Waals surface area (Å²) in [6.07, 6.45) is 4.01. The summed E-state index contributed by atoms with van der Waals surface area (Å²) in [4.78, 5) is 14.9. The zero-order valence-electron chi connectivity index (χ0n) is 18.2. The Morgan fingerprint density at radius 2 is 1.82 bits per heavy atom. The molecule has 0 radical (unpaired) electrons. The first-order valence-electron chi connectivity index (χ1n) is 10.8. The maximum absolute atomic E-state index is 13.3. The predicted molar refractivity (Wildman–Crippen MR) is 134 cm³/mol. The second kappa shape index (κ2) is 9.46. The van der Waals surface area contributed by atoms with Crippen molar-refractivity contribution in [3.8, 4) is 0 Å². The summed E-state index contributed by atoms with van der Waals surface area (Å²) in [7, 11) is 0. The minimum absolute atomic E-state index is 0.0242. The summed E-state index contributed by atoms with van der Waals surface area (Å²) in [5.74, 6) is 0.738. The maximum Gasteiger partial charge on any atom is 0.242 e. The lowest BCUT2D eigenvalue weighted by Gasteiger charge is -2.14. The largest absolute Gasteiger partial charge is 0.467 e. The van der Waals surface area contributed by atoms with E-state index in [2.05, 4.69) is 59.6 Å². The Morgan fingerprint density at radius 1 is 1.00 bits per heavy atom. The average Bonchev–Trinajstić information content (AvgIpc) is 3.45. The van der Waals surface area contributed by atoms with Crippen molar-refractivity contribution in [1.29, 1.82) is 0 Å². The topological polar surface area (TPSA) is 58.2 Å². The monoisotopic (exact) mass is 453 g/mol. The third-order valence-electron chi connectivity index (χ3n) is 5.62. The van der Waals surface area contributed by atoms with Crippen LogP contribution >= 0.6 is 11.8 Å². The number of aryl methyl sites for hydroxylation is 1. The summed E-state index contributed by atoms with van der Waals surface area (Å²) >= 11 is 1.46. The van der Waals surface area contributed by atoms with E-state index >= 15 is 0 Å². The molecule has 5 nitrogen and oxygen atoms in total. The number of furan rings is 1. The lowest BCUT2D eigenvalue weighted by atomic mass is 10.1. The maximum atomic E-state index is 13.3. The number of carbonyl (C=O) groups excluding carboxylic acids is 1. The molecule has 1 unspecified atom stereocenters. The summed E-state index contributed by atoms with van der Waals surface area (Å²) in [5, 5.41) is 11.4. The van der Waals surface area contributed by atoms with Crippen LogP contribution in [0.1, 0.15) is 22.5 Å². The predicted octanol–water partition coefficient (Wildman–Crippen LogP) is 5.82. The van der Waals surface area contributed by atoms with Crippen LogP contribution in [-0.2, 0) is 17.8 Å². The standard InChI is InChI=1S/C27H23N3O2S/c1-19-11-13-20(14-12-19)16-25-26(31)30(18-23-9-5-15-32-23)27(33-25)29-28-17-22-8-4-7-21-6-2-3-10-24(21)22/h2-15,17,25H,16,18H2,1H3. The molecule has 2 heterocycles. The fourth-order valence-corrected chi connectivity index (χ4v) is 5.00. The first kappa shape index (κ1) is 21.2. The number of rotatable bonds is 6. The smallest absolute Gasteiger partial charge is 0.242 e. The Labute approximate surface area is 196 Å². The van der Waals surface area contributed by atoms with E-state index in [4.69, 9.17) is 4.42 Å². The van der Waals surface area contributed by atoms with Gasteiger partial charge in [0.25, 0.3) is 0 Å². The van der Waals surface area contributed by atoms with Crippen molar-refractivity contribution in [3.05, 3.63) is 108 Å². The molecule has 3 aromatic carbocycles. The van der Waals surface area contributed by atoms with Crippen molar-refractivity contribution < 1.29 is 9.21 Å². The van der Waals surface area contributed by atoms with Crippen LogP contribution in [0.25, 0.3) is 10.8 Å². The van der Waals surface area contributed by atoms with Crippen LogP contribution in [0.15, 0.2) is 99.7 Å². The molecule has 0 N–H and O–H groups in total. The molecule has 0 aliphatic carbocycles. The quantitative estimate of drug-likeness (QED) is 0.273. The summed E-state index contributed by atoms with van der Waals surface area (Å²) in [6, 6.07) is 26.3. The van der Waals surface area contributed by atoms with Crippen molar-refractivity contribution in [2.75, 3.05) is 0 Å². The number of benzene rings is 3. The fraction of sp³-hybridized carbons (Fsp3) is 0.148. The number of fused-ring (bicyclic) bond motifs is 1. The Morgan fingerprint density at radius 3 is 2.64 bits per heavy atom. The van der Waals surface area contributed by atoms with E-state index in [0.29, 0.717) is 23.9 Å². The molecule has 1 aromatic heterocycles. The first-order valence-corrected chi connectivity index (χ1v) is 11.7. The van der Waals surface area contributed by atoms with Gasteiger partial charge in [0.05, 0.1) is 24.3 Å². The Balaban J connectivity index is 1.41. The molecule has 5 rings (SSSR count). The molecule has 4 aromatic rings. The van der Waals surface area contributed by atoms with Crippen molar-refractivity contribution >= 4 is 39.8 Å².